The Bertz CT molecular complexity index is 530. The first kappa shape index (κ1) is 13.2. The highest BCUT2D eigenvalue weighted by Crippen LogP contribution is 2.35. The lowest BCUT2D eigenvalue weighted by molar-refractivity contribution is 0.606. The van der Waals surface area contributed by atoms with E-state index < -0.39 is 0 Å². The molecule has 0 amide bonds. The number of nitrogens with two attached hydrogens (primary N) is 1. The van der Waals surface area contributed by atoms with E-state index in [0.29, 0.717) is 0 Å². The fraction of sp³-hybridized carbons (Fsp3) is 0.0909. The molecule has 6 heteroatoms. The summed E-state index contributed by atoms with van der Waals surface area (Å²) in [5.41, 5.74) is 3.49. The quantitative estimate of drug-likeness (QED) is 0.625. The zero-order valence-electron chi connectivity index (χ0n) is 8.58. The predicted octanol–water partition coefficient (Wildman–Crippen LogP) is 3.96. The molecule has 2 aromatic rings. The maximum Gasteiger partial charge on any atom is 0.123 e. The van der Waals surface area contributed by atoms with Crippen molar-refractivity contribution in [1.29, 1.82) is 0 Å². The molecule has 2 nitrogen and oxygen atoms in total. The molecule has 0 aliphatic carbocycles. The molecule has 0 saturated carbocycles. The van der Waals surface area contributed by atoms with Gasteiger partial charge in [-0.15, -0.1) is 11.3 Å². The van der Waals surface area contributed by atoms with E-state index in [4.69, 9.17) is 5.84 Å². The highest BCUT2D eigenvalue weighted by Gasteiger charge is 2.19. The van der Waals surface area contributed by atoms with E-state index in [1.54, 1.807) is 17.4 Å². The summed E-state index contributed by atoms with van der Waals surface area (Å²) in [6.07, 6.45) is 0. The summed E-state index contributed by atoms with van der Waals surface area (Å²) in [5.74, 6) is 5.30. The van der Waals surface area contributed by atoms with E-state index in [-0.39, 0.29) is 11.9 Å². The second-order valence-electron chi connectivity index (χ2n) is 3.40. The third-order valence-electron chi connectivity index (χ3n) is 2.34. The van der Waals surface area contributed by atoms with Crippen LogP contribution in [0.4, 0.5) is 4.39 Å². The van der Waals surface area contributed by atoms with E-state index in [1.807, 2.05) is 11.4 Å². The van der Waals surface area contributed by atoms with Gasteiger partial charge in [0.15, 0.2) is 0 Å². The van der Waals surface area contributed by atoms with Gasteiger partial charge in [-0.2, -0.15) is 0 Å². The molecular formula is C11H9Br2FN2S. The molecule has 0 aliphatic heterocycles. The summed E-state index contributed by atoms with van der Waals surface area (Å²) in [7, 11) is 0. The van der Waals surface area contributed by atoms with Crippen LogP contribution in [0.15, 0.2) is 38.6 Å². The molecule has 90 valence electrons. The molecule has 2 rings (SSSR count). The Morgan fingerprint density at radius 2 is 2.00 bits per heavy atom. The molecule has 1 aromatic heterocycles. The smallest absolute Gasteiger partial charge is 0.123 e. The monoisotopic (exact) mass is 378 g/mol. The minimum Gasteiger partial charge on any atom is -0.271 e. The van der Waals surface area contributed by atoms with Crippen LogP contribution in [-0.2, 0) is 0 Å². The number of rotatable bonds is 3. The third kappa shape index (κ3) is 2.77. The summed E-state index contributed by atoms with van der Waals surface area (Å²) in [4.78, 5) is 1.01. The Morgan fingerprint density at radius 3 is 2.59 bits per heavy atom. The molecule has 0 saturated heterocycles. The van der Waals surface area contributed by atoms with Crippen molar-refractivity contribution in [1.82, 2.24) is 5.43 Å². The Hall–Kier alpha value is -0.270. The maximum absolute atomic E-state index is 13.3. The summed E-state index contributed by atoms with van der Waals surface area (Å²) in [5, 5.41) is 1.96. The van der Waals surface area contributed by atoms with Crippen molar-refractivity contribution in [3.8, 4) is 0 Å². The van der Waals surface area contributed by atoms with Gasteiger partial charge < -0.3 is 0 Å². The lowest BCUT2D eigenvalue weighted by Gasteiger charge is -2.17. The molecule has 17 heavy (non-hydrogen) atoms. The number of hydrogen-bond acceptors (Lipinski definition) is 3. The van der Waals surface area contributed by atoms with Crippen LogP contribution >= 0.6 is 43.2 Å². The zero-order valence-corrected chi connectivity index (χ0v) is 12.6. The molecule has 0 spiro atoms. The SMILES string of the molecule is NNC(c1cc(F)ccc1Br)c1sccc1Br. The average Bonchev–Trinajstić information content (AvgIpc) is 2.71. The summed E-state index contributed by atoms with van der Waals surface area (Å²) in [6, 6.07) is 6.26. The molecule has 3 N–H and O–H groups in total. The normalized spacial score (nSPS) is 12.7. The number of thiophene rings is 1. The first-order valence-corrected chi connectivity index (χ1v) is 7.24. The number of benzene rings is 1. The van der Waals surface area contributed by atoms with Crippen LogP contribution in [0.2, 0.25) is 0 Å². The van der Waals surface area contributed by atoms with Gasteiger partial charge in [0.1, 0.15) is 5.82 Å². The van der Waals surface area contributed by atoms with Gasteiger partial charge in [-0.05, 0) is 51.1 Å². The van der Waals surface area contributed by atoms with Crippen molar-refractivity contribution in [2.45, 2.75) is 6.04 Å². The Kier molecular flexibility index (Phi) is 4.32. The molecule has 0 aliphatic rings. The van der Waals surface area contributed by atoms with Crippen LogP contribution < -0.4 is 11.3 Å². The van der Waals surface area contributed by atoms with Crippen LogP contribution in [0.25, 0.3) is 0 Å². The van der Waals surface area contributed by atoms with Gasteiger partial charge in [-0.3, -0.25) is 5.84 Å². The van der Waals surface area contributed by atoms with Crippen molar-refractivity contribution in [2.24, 2.45) is 5.84 Å². The van der Waals surface area contributed by atoms with Crippen molar-refractivity contribution in [3.63, 3.8) is 0 Å². The highest BCUT2D eigenvalue weighted by molar-refractivity contribution is 9.10. The maximum atomic E-state index is 13.3. The summed E-state index contributed by atoms with van der Waals surface area (Å²) in [6.45, 7) is 0. The highest BCUT2D eigenvalue weighted by atomic mass is 79.9. The molecule has 1 atom stereocenters. The van der Waals surface area contributed by atoms with E-state index >= 15 is 0 Å². The minimum absolute atomic E-state index is 0.241. The van der Waals surface area contributed by atoms with Gasteiger partial charge in [0.25, 0.3) is 0 Å². The van der Waals surface area contributed by atoms with E-state index in [1.165, 1.54) is 12.1 Å². The van der Waals surface area contributed by atoms with Gasteiger partial charge in [0.2, 0.25) is 0 Å². The van der Waals surface area contributed by atoms with Gasteiger partial charge >= 0.3 is 0 Å². The van der Waals surface area contributed by atoms with Crippen LogP contribution in [0.1, 0.15) is 16.5 Å². The molecule has 0 fully saturated rings. The second kappa shape index (κ2) is 5.58. The Morgan fingerprint density at radius 1 is 1.24 bits per heavy atom. The lowest BCUT2D eigenvalue weighted by atomic mass is 10.1. The summed E-state index contributed by atoms with van der Waals surface area (Å²) >= 11 is 8.42. The van der Waals surface area contributed by atoms with Crippen molar-refractivity contribution < 1.29 is 4.39 Å². The zero-order chi connectivity index (χ0) is 12.4. The molecular weight excluding hydrogens is 371 g/mol. The lowest BCUT2D eigenvalue weighted by Crippen LogP contribution is -2.28. The number of hydrazine groups is 1. The van der Waals surface area contributed by atoms with Crippen molar-refractivity contribution >= 4 is 43.2 Å². The van der Waals surface area contributed by atoms with Crippen LogP contribution in [-0.4, -0.2) is 0 Å². The molecule has 1 unspecified atom stereocenters. The van der Waals surface area contributed by atoms with E-state index in [2.05, 4.69) is 37.3 Å². The minimum atomic E-state index is -0.281. The Labute approximate surface area is 119 Å². The van der Waals surface area contributed by atoms with Gasteiger partial charge in [-0.25, -0.2) is 9.82 Å². The van der Waals surface area contributed by atoms with Crippen LogP contribution in [0.5, 0.6) is 0 Å². The first-order valence-electron chi connectivity index (χ1n) is 4.77. The molecule has 0 bridgehead atoms. The van der Waals surface area contributed by atoms with Gasteiger partial charge in [0.05, 0.1) is 6.04 Å². The third-order valence-corrected chi connectivity index (χ3v) is 5.00. The van der Waals surface area contributed by atoms with Gasteiger partial charge in [0, 0.05) is 13.8 Å². The fourth-order valence-electron chi connectivity index (χ4n) is 1.55. The predicted molar refractivity (Wildman–Crippen MR) is 75.3 cm³/mol. The van der Waals surface area contributed by atoms with Crippen molar-refractivity contribution in [3.05, 3.63) is 54.8 Å². The number of hydrogen-bond donors (Lipinski definition) is 2. The summed E-state index contributed by atoms with van der Waals surface area (Å²) < 4.78 is 15.1. The van der Waals surface area contributed by atoms with Crippen LogP contribution in [0.3, 0.4) is 0 Å². The first-order chi connectivity index (χ1) is 8.13. The van der Waals surface area contributed by atoms with Crippen LogP contribution in [0, 0.1) is 5.82 Å². The van der Waals surface area contributed by atoms with E-state index in [0.717, 1.165) is 19.4 Å². The standard InChI is InChI=1S/C11H9Br2FN2S/c12-8-2-1-6(14)5-7(8)10(16-15)11-9(13)3-4-17-11/h1-5,10,16H,15H2. The largest absolute Gasteiger partial charge is 0.271 e. The molecule has 0 radical (unpaired) electrons. The molecule has 1 heterocycles. The van der Waals surface area contributed by atoms with E-state index in [9.17, 15) is 4.39 Å². The second-order valence-corrected chi connectivity index (χ2v) is 6.05. The topological polar surface area (TPSA) is 38.0 Å². The number of halogens is 3. The Balaban J connectivity index is 2.49. The average molecular weight is 380 g/mol. The van der Waals surface area contributed by atoms with Gasteiger partial charge in [-0.1, -0.05) is 15.9 Å². The number of nitrogens with one attached hydrogen (secondary N) is 1. The van der Waals surface area contributed by atoms with Crippen molar-refractivity contribution in [2.75, 3.05) is 0 Å². The molecule has 1 aromatic carbocycles. The fourth-order valence-corrected chi connectivity index (χ4v) is 3.71.